The maximum Gasteiger partial charge on any atom is 0.237 e. The molecular formula is C21H38N6O2S. The minimum absolute atomic E-state index is 0.00216. The fourth-order valence-electron chi connectivity index (χ4n) is 5.13. The van der Waals surface area contributed by atoms with Gasteiger partial charge < -0.3 is 15.5 Å². The highest BCUT2D eigenvalue weighted by molar-refractivity contribution is 8.00. The van der Waals surface area contributed by atoms with Gasteiger partial charge in [0, 0.05) is 30.3 Å². The standard InChI is InChI=1S/C21H38N6O2S/c1-14(30-21-25-23-13-26(21)2)15-5-3-6-17(11-15)24-19(28)18-12-16(7-8-22-18)20(29)27-9-4-10-27/h14-18,21-23,25H,3-13H2,1-2H3,(H,24,28)/t14-,15?,16?,17?,18?,21?/m0/s1. The summed E-state index contributed by atoms with van der Waals surface area (Å²) in [4.78, 5) is 29.8. The maximum absolute atomic E-state index is 13.0. The minimum atomic E-state index is -0.233. The number of carbonyl (C=O) groups is 2. The molecular weight excluding hydrogens is 400 g/mol. The van der Waals surface area contributed by atoms with E-state index in [1.807, 2.05) is 16.7 Å². The van der Waals surface area contributed by atoms with E-state index in [4.69, 9.17) is 0 Å². The predicted molar refractivity (Wildman–Crippen MR) is 119 cm³/mol. The van der Waals surface area contributed by atoms with Crippen LogP contribution in [0.25, 0.3) is 0 Å². The first-order valence-corrected chi connectivity index (χ1v) is 12.6. The third kappa shape index (κ3) is 5.30. The van der Waals surface area contributed by atoms with Crippen molar-refractivity contribution < 1.29 is 9.59 Å². The fraction of sp³-hybridized carbons (Fsp3) is 0.905. The quantitative estimate of drug-likeness (QED) is 0.485. The molecule has 8 nitrogen and oxygen atoms in total. The Balaban J connectivity index is 1.24. The average molecular weight is 439 g/mol. The number of piperidine rings is 1. The number of nitrogens with zero attached hydrogens (tertiary/aromatic N) is 2. The van der Waals surface area contributed by atoms with Gasteiger partial charge in [-0.15, -0.1) is 11.8 Å². The smallest absolute Gasteiger partial charge is 0.237 e. The van der Waals surface area contributed by atoms with Crippen molar-refractivity contribution in [3.8, 4) is 0 Å². The average Bonchev–Trinajstić information content (AvgIpc) is 3.11. The fourth-order valence-corrected chi connectivity index (χ4v) is 6.44. The SMILES string of the molecule is C[C@H](SC1NNCN1C)C1CCCC(NC(=O)C2CC(C(=O)N3CCC3)CCN2)C1. The first-order valence-electron chi connectivity index (χ1n) is 11.7. The van der Waals surface area contributed by atoms with Gasteiger partial charge in [-0.25, -0.2) is 10.9 Å². The van der Waals surface area contributed by atoms with E-state index in [0.717, 1.165) is 52.0 Å². The molecule has 4 rings (SSSR count). The Morgan fingerprint density at radius 1 is 1.13 bits per heavy atom. The molecule has 3 saturated heterocycles. The Hall–Kier alpha value is -0.870. The number of rotatable bonds is 6. The summed E-state index contributed by atoms with van der Waals surface area (Å²) in [5.41, 5.74) is 6.82. The lowest BCUT2D eigenvalue weighted by molar-refractivity contribution is -0.140. The summed E-state index contributed by atoms with van der Waals surface area (Å²) in [5.74, 6) is 0.958. The van der Waals surface area contributed by atoms with Crippen LogP contribution in [0.3, 0.4) is 0 Å². The van der Waals surface area contributed by atoms with Gasteiger partial charge in [-0.2, -0.15) is 0 Å². The summed E-state index contributed by atoms with van der Waals surface area (Å²) in [7, 11) is 2.12. The van der Waals surface area contributed by atoms with Gasteiger partial charge in [0.2, 0.25) is 11.8 Å². The lowest BCUT2D eigenvalue weighted by atomic mass is 9.83. The molecule has 4 aliphatic rings. The summed E-state index contributed by atoms with van der Waals surface area (Å²) >= 11 is 1.97. The predicted octanol–water partition coefficient (Wildman–Crippen LogP) is 0.664. The van der Waals surface area contributed by atoms with Crippen molar-refractivity contribution in [3.05, 3.63) is 0 Å². The van der Waals surface area contributed by atoms with Crippen LogP contribution in [0.15, 0.2) is 0 Å². The van der Waals surface area contributed by atoms with E-state index in [1.165, 1.54) is 12.8 Å². The van der Waals surface area contributed by atoms with E-state index in [9.17, 15) is 9.59 Å². The molecule has 3 heterocycles. The van der Waals surface area contributed by atoms with Gasteiger partial charge in [0.25, 0.3) is 0 Å². The number of hydrogen-bond donors (Lipinski definition) is 4. The number of hydrogen-bond acceptors (Lipinski definition) is 7. The summed E-state index contributed by atoms with van der Waals surface area (Å²) in [6.07, 6.45) is 7.11. The van der Waals surface area contributed by atoms with E-state index < -0.39 is 0 Å². The van der Waals surface area contributed by atoms with Gasteiger partial charge in [0.15, 0.2) is 0 Å². The topological polar surface area (TPSA) is 88.7 Å². The summed E-state index contributed by atoms with van der Waals surface area (Å²) < 4.78 is 0. The van der Waals surface area contributed by atoms with E-state index in [0.29, 0.717) is 23.1 Å². The molecule has 2 amide bonds. The number of nitrogens with one attached hydrogen (secondary N) is 4. The van der Waals surface area contributed by atoms with Crippen molar-refractivity contribution in [3.63, 3.8) is 0 Å². The lowest BCUT2D eigenvalue weighted by Crippen LogP contribution is -2.55. The highest BCUT2D eigenvalue weighted by Crippen LogP contribution is 2.35. The van der Waals surface area contributed by atoms with E-state index in [1.54, 1.807) is 0 Å². The van der Waals surface area contributed by atoms with E-state index in [2.05, 4.69) is 40.4 Å². The molecule has 0 radical (unpaired) electrons. The summed E-state index contributed by atoms with van der Waals surface area (Å²) in [5, 5.41) is 7.20. The highest BCUT2D eigenvalue weighted by Gasteiger charge is 2.36. The van der Waals surface area contributed by atoms with Crippen LogP contribution in [0.1, 0.15) is 51.9 Å². The van der Waals surface area contributed by atoms with Crippen molar-refractivity contribution >= 4 is 23.6 Å². The Morgan fingerprint density at radius 2 is 1.97 bits per heavy atom. The molecule has 0 spiro atoms. The zero-order valence-electron chi connectivity index (χ0n) is 18.4. The molecule has 4 N–H and O–H groups in total. The van der Waals surface area contributed by atoms with E-state index >= 15 is 0 Å². The van der Waals surface area contributed by atoms with Crippen molar-refractivity contribution in [1.82, 2.24) is 31.3 Å². The molecule has 0 aromatic heterocycles. The van der Waals surface area contributed by atoms with Crippen molar-refractivity contribution in [1.29, 1.82) is 0 Å². The normalized spacial score (nSPS) is 36.2. The Kier molecular flexibility index (Phi) is 7.57. The molecule has 30 heavy (non-hydrogen) atoms. The van der Waals surface area contributed by atoms with Crippen molar-refractivity contribution in [2.45, 2.75) is 74.7 Å². The van der Waals surface area contributed by atoms with Gasteiger partial charge >= 0.3 is 0 Å². The number of carbonyl (C=O) groups excluding carboxylic acids is 2. The van der Waals surface area contributed by atoms with Crippen LogP contribution >= 0.6 is 11.8 Å². The minimum Gasteiger partial charge on any atom is -0.352 e. The first kappa shape index (κ1) is 22.3. The van der Waals surface area contributed by atoms with E-state index in [-0.39, 0.29) is 29.8 Å². The molecule has 6 atom stereocenters. The van der Waals surface area contributed by atoms with Crippen LogP contribution < -0.4 is 21.5 Å². The van der Waals surface area contributed by atoms with Crippen LogP contribution in [-0.2, 0) is 9.59 Å². The molecule has 5 unspecified atom stereocenters. The van der Waals surface area contributed by atoms with Gasteiger partial charge in [0.1, 0.15) is 5.50 Å². The Bertz CT molecular complexity index is 618. The van der Waals surface area contributed by atoms with Crippen LogP contribution in [0.4, 0.5) is 0 Å². The molecule has 1 saturated carbocycles. The van der Waals surface area contributed by atoms with Crippen molar-refractivity contribution in [2.24, 2.45) is 11.8 Å². The van der Waals surface area contributed by atoms with Gasteiger partial charge in [-0.05, 0) is 58.0 Å². The zero-order valence-corrected chi connectivity index (χ0v) is 19.2. The molecule has 4 fully saturated rings. The second-order valence-corrected chi connectivity index (χ2v) is 10.9. The maximum atomic E-state index is 13.0. The van der Waals surface area contributed by atoms with Crippen LogP contribution in [0, 0.1) is 11.8 Å². The van der Waals surface area contributed by atoms with Gasteiger partial charge in [0.05, 0.1) is 12.7 Å². The monoisotopic (exact) mass is 438 g/mol. The highest BCUT2D eigenvalue weighted by atomic mass is 32.2. The number of hydrazine groups is 1. The van der Waals surface area contributed by atoms with Gasteiger partial charge in [-0.3, -0.25) is 14.5 Å². The summed E-state index contributed by atoms with van der Waals surface area (Å²) in [6, 6.07) is 0.0171. The third-order valence-corrected chi connectivity index (χ3v) is 8.81. The number of amides is 2. The Morgan fingerprint density at radius 3 is 2.67 bits per heavy atom. The first-order chi connectivity index (χ1) is 14.5. The zero-order chi connectivity index (χ0) is 21.1. The Labute approximate surface area is 184 Å². The number of likely N-dealkylation sites (tertiary alicyclic amines) is 1. The second-order valence-electron chi connectivity index (χ2n) is 9.47. The largest absolute Gasteiger partial charge is 0.352 e. The van der Waals surface area contributed by atoms with Crippen molar-refractivity contribution in [2.75, 3.05) is 33.4 Å². The molecule has 170 valence electrons. The van der Waals surface area contributed by atoms with Crippen LogP contribution in [0.5, 0.6) is 0 Å². The van der Waals surface area contributed by atoms with Crippen LogP contribution in [0.2, 0.25) is 0 Å². The molecule has 0 aromatic rings. The molecule has 1 aliphatic carbocycles. The molecule has 0 bridgehead atoms. The second kappa shape index (κ2) is 10.2. The summed E-state index contributed by atoms with van der Waals surface area (Å²) in [6.45, 7) is 5.72. The van der Waals surface area contributed by atoms with Crippen LogP contribution in [-0.4, -0.2) is 77.8 Å². The molecule has 0 aromatic carbocycles. The third-order valence-electron chi connectivity index (χ3n) is 7.26. The number of thioether (sulfide) groups is 1. The lowest BCUT2D eigenvalue weighted by Gasteiger charge is -2.38. The van der Waals surface area contributed by atoms with Gasteiger partial charge in [-0.1, -0.05) is 13.3 Å². The molecule has 9 heteroatoms. The molecule has 3 aliphatic heterocycles.